The van der Waals surface area contributed by atoms with Crippen molar-refractivity contribution in [1.82, 2.24) is 10.2 Å². The number of carbonyl (C=O) groups excluding carboxylic acids is 2. The maximum Gasteiger partial charge on any atom is 0.238 e. The number of hydrogen-bond donors (Lipinski definition) is 1. The standard InChI is InChI=1S/C18H23ClN2O2/c19-15-7-5-14(6-8-15)13-20-16(22)18(9-10-18)17(23)21-11-3-1-2-4-12-21/h5-8H,1-4,9-13H2,(H,20,22). The second kappa shape index (κ2) is 6.91. The van der Waals surface area contributed by atoms with Crippen LogP contribution < -0.4 is 5.32 Å². The van der Waals surface area contributed by atoms with Gasteiger partial charge in [0.05, 0.1) is 0 Å². The van der Waals surface area contributed by atoms with E-state index in [9.17, 15) is 9.59 Å². The van der Waals surface area contributed by atoms with Crippen LogP contribution in [0.15, 0.2) is 24.3 Å². The molecule has 1 aliphatic carbocycles. The Morgan fingerprint density at radius 3 is 2.22 bits per heavy atom. The SMILES string of the molecule is O=C(NCc1ccc(Cl)cc1)C1(C(=O)N2CCCCCC2)CC1. The molecular formula is C18H23ClN2O2. The van der Waals surface area contributed by atoms with Gasteiger partial charge in [0.1, 0.15) is 5.41 Å². The summed E-state index contributed by atoms with van der Waals surface area (Å²) >= 11 is 5.86. The molecule has 3 rings (SSSR count). The van der Waals surface area contributed by atoms with Crippen LogP contribution in [0.5, 0.6) is 0 Å². The smallest absolute Gasteiger partial charge is 0.238 e. The fraction of sp³-hybridized carbons (Fsp3) is 0.556. The molecule has 1 aromatic rings. The molecule has 0 atom stereocenters. The molecule has 2 fully saturated rings. The molecule has 23 heavy (non-hydrogen) atoms. The van der Waals surface area contributed by atoms with E-state index in [1.54, 1.807) is 12.1 Å². The van der Waals surface area contributed by atoms with Crippen LogP contribution in [0.25, 0.3) is 0 Å². The van der Waals surface area contributed by atoms with E-state index in [1.165, 1.54) is 12.8 Å². The quantitative estimate of drug-likeness (QED) is 0.860. The Bertz CT molecular complexity index is 573. The Morgan fingerprint density at radius 2 is 1.65 bits per heavy atom. The minimum absolute atomic E-state index is 0.0352. The van der Waals surface area contributed by atoms with Gasteiger partial charge < -0.3 is 10.2 Å². The normalized spacial score (nSPS) is 19.8. The van der Waals surface area contributed by atoms with Gasteiger partial charge >= 0.3 is 0 Å². The number of nitrogens with one attached hydrogen (secondary N) is 1. The summed E-state index contributed by atoms with van der Waals surface area (Å²) < 4.78 is 0. The molecule has 1 N–H and O–H groups in total. The maximum atomic E-state index is 12.8. The number of carbonyl (C=O) groups is 2. The van der Waals surface area contributed by atoms with E-state index in [4.69, 9.17) is 11.6 Å². The first-order chi connectivity index (χ1) is 11.1. The van der Waals surface area contributed by atoms with E-state index in [2.05, 4.69) is 5.32 Å². The molecule has 4 nitrogen and oxygen atoms in total. The van der Waals surface area contributed by atoms with Crippen LogP contribution in [0.2, 0.25) is 5.02 Å². The molecule has 1 aromatic carbocycles. The number of nitrogens with zero attached hydrogens (tertiary/aromatic N) is 1. The third-order valence-corrected chi connectivity index (χ3v) is 5.11. The molecule has 0 spiro atoms. The van der Waals surface area contributed by atoms with E-state index in [0.29, 0.717) is 24.4 Å². The topological polar surface area (TPSA) is 49.4 Å². The number of halogens is 1. The molecule has 0 aromatic heterocycles. The second-order valence-electron chi connectivity index (χ2n) is 6.60. The van der Waals surface area contributed by atoms with Crippen LogP contribution in [0.1, 0.15) is 44.1 Å². The van der Waals surface area contributed by atoms with Gasteiger partial charge in [-0.2, -0.15) is 0 Å². The average Bonchev–Trinajstić information content (AvgIpc) is 3.38. The summed E-state index contributed by atoms with van der Waals surface area (Å²) in [5.41, 5.74) is 0.192. The van der Waals surface area contributed by atoms with E-state index >= 15 is 0 Å². The van der Waals surface area contributed by atoms with Gasteiger partial charge in [-0.15, -0.1) is 0 Å². The molecule has 1 aliphatic heterocycles. The van der Waals surface area contributed by atoms with E-state index < -0.39 is 5.41 Å². The predicted octanol–water partition coefficient (Wildman–Crippen LogP) is 3.14. The zero-order valence-electron chi connectivity index (χ0n) is 13.3. The fourth-order valence-corrected chi connectivity index (χ4v) is 3.32. The second-order valence-corrected chi connectivity index (χ2v) is 7.03. The van der Waals surface area contributed by atoms with Crippen LogP contribution in [0, 0.1) is 5.41 Å². The van der Waals surface area contributed by atoms with Crippen LogP contribution in [-0.4, -0.2) is 29.8 Å². The van der Waals surface area contributed by atoms with Gasteiger partial charge in [0.2, 0.25) is 11.8 Å². The maximum absolute atomic E-state index is 12.8. The van der Waals surface area contributed by atoms with Crippen molar-refractivity contribution in [3.63, 3.8) is 0 Å². The van der Waals surface area contributed by atoms with Gasteiger partial charge in [-0.1, -0.05) is 36.6 Å². The molecule has 2 aliphatic rings. The van der Waals surface area contributed by atoms with Crippen molar-refractivity contribution < 1.29 is 9.59 Å². The summed E-state index contributed by atoms with van der Waals surface area (Å²) in [4.78, 5) is 27.2. The van der Waals surface area contributed by atoms with Crippen molar-refractivity contribution in [2.45, 2.75) is 45.1 Å². The average molecular weight is 335 g/mol. The van der Waals surface area contributed by atoms with Crippen molar-refractivity contribution in [2.24, 2.45) is 5.41 Å². The zero-order chi connectivity index (χ0) is 16.3. The Labute approximate surface area is 142 Å². The van der Waals surface area contributed by atoms with Crippen molar-refractivity contribution in [2.75, 3.05) is 13.1 Å². The van der Waals surface area contributed by atoms with Crippen LogP contribution in [0.3, 0.4) is 0 Å². The fourth-order valence-electron chi connectivity index (χ4n) is 3.19. The van der Waals surface area contributed by atoms with Crippen molar-refractivity contribution >= 4 is 23.4 Å². The first kappa shape index (κ1) is 16.3. The summed E-state index contributed by atoms with van der Waals surface area (Å²) in [6.07, 6.45) is 5.81. The van der Waals surface area contributed by atoms with Crippen molar-refractivity contribution in [1.29, 1.82) is 0 Å². The lowest BCUT2D eigenvalue weighted by Gasteiger charge is -2.25. The molecule has 0 radical (unpaired) electrons. The van der Waals surface area contributed by atoms with Crippen molar-refractivity contribution in [3.05, 3.63) is 34.9 Å². The number of benzene rings is 1. The number of hydrogen-bond acceptors (Lipinski definition) is 2. The molecular weight excluding hydrogens is 312 g/mol. The molecule has 124 valence electrons. The molecule has 5 heteroatoms. The Morgan fingerprint density at radius 1 is 1.04 bits per heavy atom. The highest BCUT2D eigenvalue weighted by atomic mass is 35.5. The Balaban J connectivity index is 1.59. The summed E-state index contributed by atoms with van der Waals surface area (Å²) in [6.45, 7) is 2.03. The van der Waals surface area contributed by atoms with Gasteiger partial charge in [0.25, 0.3) is 0 Å². The molecule has 2 amide bonds. The lowest BCUT2D eigenvalue weighted by molar-refractivity contribution is -0.144. The number of amides is 2. The van der Waals surface area contributed by atoms with Crippen LogP contribution in [-0.2, 0) is 16.1 Å². The van der Waals surface area contributed by atoms with Crippen LogP contribution in [0.4, 0.5) is 0 Å². The summed E-state index contributed by atoms with van der Waals surface area (Å²) in [6, 6.07) is 7.38. The summed E-state index contributed by atoms with van der Waals surface area (Å²) in [5, 5.41) is 3.60. The number of likely N-dealkylation sites (tertiary alicyclic amines) is 1. The van der Waals surface area contributed by atoms with Gasteiger partial charge in [0.15, 0.2) is 0 Å². The van der Waals surface area contributed by atoms with Crippen molar-refractivity contribution in [3.8, 4) is 0 Å². The zero-order valence-corrected chi connectivity index (χ0v) is 14.1. The third kappa shape index (κ3) is 3.69. The molecule has 0 bridgehead atoms. The number of rotatable bonds is 4. The minimum atomic E-state index is -0.795. The van der Waals surface area contributed by atoms with Crippen LogP contribution >= 0.6 is 11.6 Å². The van der Waals surface area contributed by atoms with E-state index in [1.807, 2.05) is 17.0 Å². The first-order valence-electron chi connectivity index (χ1n) is 8.44. The monoisotopic (exact) mass is 334 g/mol. The first-order valence-corrected chi connectivity index (χ1v) is 8.82. The third-order valence-electron chi connectivity index (χ3n) is 4.85. The summed E-state index contributed by atoms with van der Waals surface area (Å²) in [7, 11) is 0. The van der Waals surface area contributed by atoms with Gasteiger partial charge in [-0.05, 0) is 43.4 Å². The molecule has 1 heterocycles. The minimum Gasteiger partial charge on any atom is -0.351 e. The van der Waals surface area contributed by atoms with Gasteiger partial charge in [-0.3, -0.25) is 9.59 Å². The largest absolute Gasteiger partial charge is 0.351 e. The molecule has 1 saturated heterocycles. The lowest BCUT2D eigenvalue weighted by Crippen LogP contribution is -2.45. The lowest BCUT2D eigenvalue weighted by atomic mass is 10.0. The highest BCUT2D eigenvalue weighted by Gasteiger charge is 2.57. The molecule has 0 unspecified atom stereocenters. The Hall–Kier alpha value is -1.55. The summed E-state index contributed by atoms with van der Waals surface area (Å²) in [5.74, 6) is -0.0882. The highest BCUT2D eigenvalue weighted by Crippen LogP contribution is 2.47. The van der Waals surface area contributed by atoms with E-state index in [-0.39, 0.29) is 11.8 Å². The van der Waals surface area contributed by atoms with Gasteiger partial charge in [-0.25, -0.2) is 0 Å². The Kier molecular flexibility index (Phi) is 4.90. The van der Waals surface area contributed by atoms with E-state index in [0.717, 1.165) is 31.5 Å². The predicted molar refractivity (Wildman–Crippen MR) is 90.0 cm³/mol. The van der Waals surface area contributed by atoms with Gasteiger partial charge in [0, 0.05) is 24.7 Å². The molecule has 1 saturated carbocycles. The highest BCUT2D eigenvalue weighted by molar-refractivity contribution is 6.30.